The second kappa shape index (κ2) is 7.72. The molecule has 1 aliphatic heterocycles. The number of anilines is 2. The van der Waals surface area contributed by atoms with Crippen LogP contribution in [-0.2, 0) is 10.0 Å². The van der Waals surface area contributed by atoms with Crippen molar-refractivity contribution in [1.29, 1.82) is 0 Å². The van der Waals surface area contributed by atoms with E-state index in [-0.39, 0.29) is 17.3 Å². The zero-order chi connectivity index (χ0) is 21.3. The lowest BCUT2D eigenvalue weighted by Gasteiger charge is -2.12. The molecule has 0 unspecified atom stereocenters. The molecular formula is C22H20N2O5S. The summed E-state index contributed by atoms with van der Waals surface area (Å²) < 4.78 is 38.7. The summed E-state index contributed by atoms with van der Waals surface area (Å²) in [5.41, 5.74) is 2.92. The van der Waals surface area contributed by atoms with Gasteiger partial charge >= 0.3 is 0 Å². The molecule has 0 aliphatic carbocycles. The summed E-state index contributed by atoms with van der Waals surface area (Å²) in [4.78, 5) is 12.8. The summed E-state index contributed by atoms with van der Waals surface area (Å²) in [6.07, 6.45) is 0. The van der Waals surface area contributed by atoms with Crippen LogP contribution >= 0.6 is 0 Å². The van der Waals surface area contributed by atoms with E-state index in [9.17, 15) is 13.2 Å². The van der Waals surface area contributed by atoms with Gasteiger partial charge in [0.15, 0.2) is 11.5 Å². The summed E-state index contributed by atoms with van der Waals surface area (Å²) in [6.45, 7) is 3.81. The maximum absolute atomic E-state index is 12.8. The molecule has 0 spiro atoms. The fourth-order valence-electron chi connectivity index (χ4n) is 3.02. The van der Waals surface area contributed by atoms with Crippen molar-refractivity contribution in [3.05, 3.63) is 77.4 Å². The Hall–Kier alpha value is -3.52. The quantitative estimate of drug-likeness (QED) is 0.644. The van der Waals surface area contributed by atoms with Crippen LogP contribution in [0.2, 0.25) is 0 Å². The van der Waals surface area contributed by atoms with E-state index in [1.807, 2.05) is 19.1 Å². The van der Waals surface area contributed by atoms with E-state index in [2.05, 4.69) is 10.0 Å². The Labute approximate surface area is 174 Å². The Morgan fingerprint density at radius 3 is 2.33 bits per heavy atom. The Bertz CT molecular complexity index is 1220. The number of amides is 1. The molecule has 30 heavy (non-hydrogen) atoms. The van der Waals surface area contributed by atoms with E-state index in [0.717, 1.165) is 5.56 Å². The van der Waals surface area contributed by atoms with Gasteiger partial charge in [-0.25, -0.2) is 8.42 Å². The Morgan fingerprint density at radius 2 is 1.57 bits per heavy atom. The van der Waals surface area contributed by atoms with E-state index in [1.54, 1.807) is 43.3 Å². The molecule has 0 saturated heterocycles. The smallest absolute Gasteiger partial charge is 0.261 e. The highest BCUT2D eigenvalue weighted by atomic mass is 32.2. The Kier molecular flexibility index (Phi) is 5.09. The molecule has 8 heteroatoms. The monoisotopic (exact) mass is 424 g/mol. The van der Waals surface area contributed by atoms with Gasteiger partial charge in [-0.15, -0.1) is 0 Å². The first-order valence-corrected chi connectivity index (χ1v) is 10.7. The molecule has 7 nitrogen and oxygen atoms in total. The molecule has 0 radical (unpaired) electrons. The largest absolute Gasteiger partial charge is 0.454 e. The lowest BCUT2D eigenvalue weighted by Crippen LogP contribution is -2.17. The zero-order valence-electron chi connectivity index (χ0n) is 16.4. The van der Waals surface area contributed by atoms with Gasteiger partial charge in [-0.3, -0.25) is 9.52 Å². The van der Waals surface area contributed by atoms with Gasteiger partial charge in [0.25, 0.3) is 15.9 Å². The lowest BCUT2D eigenvalue weighted by molar-refractivity contribution is 0.102. The summed E-state index contributed by atoms with van der Waals surface area (Å²) in [5, 5.41) is 2.77. The van der Waals surface area contributed by atoms with Crippen molar-refractivity contribution >= 4 is 27.3 Å². The molecule has 1 amide bonds. The number of ether oxygens (including phenoxy) is 2. The molecule has 3 aromatic carbocycles. The topological polar surface area (TPSA) is 93.7 Å². The van der Waals surface area contributed by atoms with Gasteiger partial charge in [0.2, 0.25) is 6.79 Å². The number of fused-ring (bicyclic) bond motifs is 1. The Balaban J connectivity index is 1.57. The predicted molar refractivity (Wildman–Crippen MR) is 114 cm³/mol. The third-order valence-corrected chi connectivity index (χ3v) is 6.08. The van der Waals surface area contributed by atoms with Crippen LogP contribution in [-0.4, -0.2) is 21.1 Å². The third-order valence-electron chi connectivity index (χ3n) is 4.70. The number of rotatable bonds is 5. The molecule has 0 fully saturated rings. The van der Waals surface area contributed by atoms with Crippen LogP contribution in [0.5, 0.6) is 11.5 Å². The van der Waals surface area contributed by atoms with E-state index < -0.39 is 15.9 Å². The number of benzene rings is 3. The fraction of sp³-hybridized carbons (Fsp3) is 0.136. The predicted octanol–water partition coefficient (Wildman–Crippen LogP) is 4.09. The number of nitrogens with one attached hydrogen (secondary N) is 2. The van der Waals surface area contributed by atoms with Crippen LogP contribution in [0.25, 0.3) is 0 Å². The van der Waals surface area contributed by atoms with Gasteiger partial charge in [0.1, 0.15) is 0 Å². The second-order valence-corrected chi connectivity index (χ2v) is 8.65. The van der Waals surface area contributed by atoms with Crippen LogP contribution < -0.4 is 19.5 Å². The highest BCUT2D eigenvalue weighted by molar-refractivity contribution is 7.92. The minimum Gasteiger partial charge on any atom is -0.454 e. The van der Waals surface area contributed by atoms with Crippen LogP contribution in [0.1, 0.15) is 21.5 Å². The van der Waals surface area contributed by atoms with Crippen molar-refractivity contribution in [2.75, 3.05) is 16.8 Å². The van der Waals surface area contributed by atoms with Crippen LogP contribution in [0, 0.1) is 13.8 Å². The molecule has 0 bridgehead atoms. The maximum Gasteiger partial charge on any atom is 0.261 e. The first kappa shape index (κ1) is 19.8. The first-order valence-electron chi connectivity index (χ1n) is 9.23. The SMILES string of the molecule is Cc1ccc(NS(=O)(=O)c2ccc(C)c(C(=O)Nc3ccc4c(c3)OCO4)c2)cc1. The fourth-order valence-corrected chi connectivity index (χ4v) is 4.11. The van der Waals surface area contributed by atoms with Gasteiger partial charge < -0.3 is 14.8 Å². The molecule has 4 rings (SSSR count). The number of carbonyl (C=O) groups is 1. The van der Waals surface area contributed by atoms with Crippen molar-refractivity contribution in [3.8, 4) is 11.5 Å². The van der Waals surface area contributed by atoms with Gasteiger partial charge in [0, 0.05) is 23.0 Å². The third kappa shape index (κ3) is 4.08. The highest BCUT2D eigenvalue weighted by Crippen LogP contribution is 2.34. The van der Waals surface area contributed by atoms with E-state index in [0.29, 0.717) is 28.4 Å². The maximum atomic E-state index is 12.8. The highest BCUT2D eigenvalue weighted by Gasteiger charge is 2.19. The molecule has 1 aliphatic rings. The van der Waals surface area contributed by atoms with Crippen molar-refractivity contribution in [1.82, 2.24) is 0 Å². The van der Waals surface area contributed by atoms with E-state index >= 15 is 0 Å². The van der Waals surface area contributed by atoms with Gasteiger partial charge in [-0.05, 0) is 55.8 Å². The van der Waals surface area contributed by atoms with Crippen molar-refractivity contribution in [2.24, 2.45) is 0 Å². The molecule has 154 valence electrons. The second-order valence-electron chi connectivity index (χ2n) is 6.97. The van der Waals surface area contributed by atoms with Crippen molar-refractivity contribution in [3.63, 3.8) is 0 Å². The normalized spacial score (nSPS) is 12.5. The lowest BCUT2D eigenvalue weighted by atomic mass is 10.1. The molecule has 3 aromatic rings. The average molecular weight is 424 g/mol. The molecule has 2 N–H and O–H groups in total. The van der Waals surface area contributed by atoms with Crippen molar-refractivity contribution < 1.29 is 22.7 Å². The summed E-state index contributed by atoms with van der Waals surface area (Å²) in [6, 6.07) is 16.5. The molecule has 0 aromatic heterocycles. The first-order chi connectivity index (χ1) is 14.3. The standard InChI is InChI=1S/C22H20N2O5S/c1-14-3-6-16(7-4-14)24-30(26,27)18-9-5-15(2)19(12-18)22(25)23-17-8-10-20-21(11-17)29-13-28-20/h3-12,24H,13H2,1-2H3,(H,23,25). The van der Waals surface area contributed by atoms with Crippen molar-refractivity contribution in [2.45, 2.75) is 18.7 Å². The van der Waals surface area contributed by atoms with Gasteiger partial charge in [-0.1, -0.05) is 23.8 Å². The number of hydrogen-bond donors (Lipinski definition) is 2. The molecular weight excluding hydrogens is 404 g/mol. The van der Waals surface area contributed by atoms with Crippen LogP contribution in [0.15, 0.2) is 65.6 Å². The van der Waals surface area contributed by atoms with E-state index in [4.69, 9.17) is 9.47 Å². The van der Waals surface area contributed by atoms with E-state index in [1.165, 1.54) is 12.1 Å². The number of aryl methyl sites for hydroxylation is 2. The molecule has 0 saturated carbocycles. The minimum atomic E-state index is -3.85. The summed E-state index contributed by atoms with van der Waals surface area (Å²) in [5.74, 6) is 0.737. The number of sulfonamides is 1. The molecule has 1 heterocycles. The number of hydrogen-bond acceptors (Lipinski definition) is 5. The van der Waals surface area contributed by atoms with Crippen LogP contribution in [0.3, 0.4) is 0 Å². The average Bonchev–Trinajstić information content (AvgIpc) is 3.17. The van der Waals surface area contributed by atoms with Crippen LogP contribution in [0.4, 0.5) is 11.4 Å². The minimum absolute atomic E-state index is 0.00418. The summed E-state index contributed by atoms with van der Waals surface area (Å²) >= 11 is 0. The zero-order valence-corrected chi connectivity index (χ0v) is 17.2. The molecule has 0 atom stereocenters. The van der Waals surface area contributed by atoms with Gasteiger partial charge in [0.05, 0.1) is 4.90 Å². The Morgan fingerprint density at radius 1 is 0.867 bits per heavy atom. The summed E-state index contributed by atoms with van der Waals surface area (Å²) in [7, 11) is -3.85. The number of carbonyl (C=O) groups excluding carboxylic acids is 1. The van der Waals surface area contributed by atoms with Gasteiger partial charge in [-0.2, -0.15) is 0 Å².